The molecule has 1 atom stereocenters. The van der Waals surface area contributed by atoms with Crippen LogP contribution in [0.15, 0.2) is 53.1 Å². The molecule has 1 aromatic heterocycles. The molecule has 0 bridgehead atoms. The molecule has 1 aliphatic heterocycles. The number of morpholine rings is 1. The second-order valence-corrected chi connectivity index (χ2v) is 7.84. The molecule has 0 aliphatic carbocycles. The number of rotatable bonds is 7. The number of hydrogen-bond donors (Lipinski definition) is 2. The summed E-state index contributed by atoms with van der Waals surface area (Å²) < 4.78 is 16.4. The monoisotopic (exact) mass is 409 g/mol. The molecule has 6 heteroatoms. The fourth-order valence-electron chi connectivity index (χ4n) is 4.09. The Labute approximate surface area is 176 Å². The Morgan fingerprint density at radius 3 is 2.67 bits per heavy atom. The molecule has 0 spiro atoms. The third-order valence-electron chi connectivity index (χ3n) is 5.81. The average Bonchev–Trinajstić information content (AvgIpc) is 3.16. The lowest BCUT2D eigenvalue weighted by atomic mass is 10.0. The van der Waals surface area contributed by atoms with E-state index in [2.05, 4.69) is 17.4 Å². The van der Waals surface area contributed by atoms with Gasteiger partial charge in [-0.1, -0.05) is 12.1 Å². The van der Waals surface area contributed by atoms with Crippen LogP contribution in [0.3, 0.4) is 0 Å². The first-order chi connectivity index (χ1) is 14.6. The zero-order chi connectivity index (χ0) is 20.9. The largest absolute Gasteiger partial charge is 0.497 e. The first-order valence-electron chi connectivity index (χ1n) is 10.4. The van der Waals surface area contributed by atoms with E-state index in [1.54, 1.807) is 13.4 Å². The summed E-state index contributed by atoms with van der Waals surface area (Å²) >= 11 is 0. The summed E-state index contributed by atoms with van der Waals surface area (Å²) in [6.45, 7) is 5.96. The van der Waals surface area contributed by atoms with E-state index in [0.717, 1.165) is 54.1 Å². The highest BCUT2D eigenvalue weighted by Crippen LogP contribution is 2.23. The molecular formula is C24H29N2O4+. The lowest BCUT2D eigenvalue weighted by Crippen LogP contribution is -3.15. The van der Waals surface area contributed by atoms with Crippen molar-refractivity contribution in [3.05, 3.63) is 65.4 Å². The summed E-state index contributed by atoms with van der Waals surface area (Å²) in [4.78, 5) is 14.2. The molecule has 0 radical (unpaired) electrons. The molecule has 30 heavy (non-hydrogen) atoms. The predicted molar refractivity (Wildman–Crippen MR) is 115 cm³/mol. The number of furan rings is 1. The fourth-order valence-corrected chi connectivity index (χ4v) is 4.09. The van der Waals surface area contributed by atoms with Gasteiger partial charge in [-0.2, -0.15) is 0 Å². The molecule has 1 fully saturated rings. The van der Waals surface area contributed by atoms with Crippen LogP contribution < -0.4 is 15.0 Å². The number of nitrogens with one attached hydrogen (secondary N) is 2. The number of amides is 1. The molecule has 0 unspecified atom stereocenters. The number of carbonyl (C=O) groups is 1. The summed E-state index contributed by atoms with van der Waals surface area (Å²) in [5, 5.41) is 4.15. The fraction of sp³-hybridized carbons (Fsp3) is 0.375. The van der Waals surface area contributed by atoms with Crippen molar-refractivity contribution in [1.29, 1.82) is 0 Å². The van der Waals surface area contributed by atoms with Crippen LogP contribution in [0.1, 0.15) is 22.7 Å². The molecular weight excluding hydrogens is 380 g/mol. The zero-order valence-electron chi connectivity index (χ0n) is 17.6. The quantitative estimate of drug-likeness (QED) is 0.627. The Morgan fingerprint density at radius 2 is 1.93 bits per heavy atom. The number of aryl methyl sites for hydroxylation is 1. The Kier molecular flexibility index (Phi) is 6.35. The maximum Gasteiger partial charge on any atom is 0.224 e. The Hall–Kier alpha value is -2.83. The van der Waals surface area contributed by atoms with Crippen LogP contribution in [0.5, 0.6) is 5.75 Å². The van der Waals surface area contributed by atoms with Crippen LogP contribution in [0, 0.1) is 6.92 Å². The molecule has 2 aromatic carbocycles. The van der Waals surface area contributed by atoms with Gasteiger partial charge in [0.2, 0.25) is 5.91 Å². The van der Waals surface area contributed by atoms with Crippen molar-refractivity contribution in [2.75, 3.05) is 40.0 Å². The standard InChI is InChI=1S/C24H28N2O4/c1-17-3-8-21-19(16-30-23(21)13-17)14-24(27)25-15-22(26-9-11-29-12-10-26)18-4-6-20(28-2)7-5-18/h3-8,13,16,22H,9-12,14-15H2,1-2H3,(H,25,27)/p+1/t22-/m1/s1. The van der Waals surface area contributed by atoms with Crippen LogP contribution >= 0.6 is 0 Å². The van der Waals surface area contributed by atoms with E-state index in [4.69, 9.17) is 13.9 Å². The predicted octanol–water partition coefficient (Wildman–Crippen LogP) is 2.06. The summed E-state index contributed by atoms with van der Waals surface area (Å²) in [7, 11) is 1.67. The van der Waals surface area contributed by atoms with Crippen LogP contribution in [0.25, 0.3) is 11.0 Å². The molecule has 3 aromatic rings. The summed E-state index contributed by atoms with van der Waals surface area (Å²) in [5.74, 6) is 0.838. The molecule has 6 nitrogen and oxygen atoms in total. The molecule has 1 aliphatic rings. The second-order valence-electron chi connectivity index (χ2n) is 7.84. The summed E-state index contributed by atoms with van der Waals surface area (Å²) in [5.41, 5.74) is 4.08. The topological polar surface area (TPSA) is 65.1 Å². The van der Waals surface area contributed by atoms with E-state index in [9.17, 15) is 4.79 Å². The van der Waals surface area contributed by atoms with Crippen LogP contribution in [-0.4, -0.2) is 45.9 Å². The van der Waals surface area contributed by atoms with Gasteiger partial charge in [0.25, 0.3) is 0 Å². The van der Waals surface area contributed by atoms with Crippen molar-refractivity contribution >= 4 is 16.9 Å². The number of methoxy groups -OCH3 is 1. The molecule has 158 valence electrons. The van der Waals surface area contributed by atoms with Crippen molar-refractivity contribution in [3.8, 4) is 5.75 Å². The summed E-state index contributed by atoms with van der Waals surface area (Å²) in [6, 6.07) is 14.4. The van der Waals surface area contributed by atoms with Crippen molar-refractivity contribution in [2.24, 2.45) is 0 Å². The van der Waals surface area contributed by atoms with Crippen LogP contribution in [-0.2, 0) is 16.0 Å². The number of quaternary nitrogens is 1. The van der Waals surface area contributed by atoms with Crippen LogP contribution in [0.2, 0.25) is 0 Å². The van der Waals surface area contributed by atoms with Gasteiger partial charge >= 0.3 is 0 Å². The van der Waals surface area contributed by atoms with Gasteiger partial charge in [0.1, 0.15) is 30.5 Å². The zero-order valence-corrected chi connectivity index (χ0v) is 17.6. The van der Waals surface area contributed by atoms with Crippen molar-refractivity contribution in [2.45, 2.75) is 19.4 Å². The Balaban J connectivity index is 1.44. The van der Waals surface area contributed by atoms with Gasteiger partial charge < -0.3 is 24.1 Å². The van der Waals surface area contributed by atoms with Gasteiger partial charge in [0.05, 0.1) is 39.6 Å². The maximum absolute atomic E-state index is 12.7. The number of carbonyl (C=O) groups excluding carboxylic acids is 1. The lowest BCUT2D eigenvalue weighted by molar-refractivity contribution is -0.937. The molecule has 0 saturated carbocycles. The highest BCUT2D eigenvalue weighted by atomic mass is 16.5. The molecule has 2 N–H and O–H groups in total. The van der Waals surface area contributed by atoms with E-state index in [-0.39, 0.29) is 11.9 Å². The van der Waals surface area contributed by atoms with Gasteiger partial charge in [-0.3, -0.25) is 4.79 Å². The Bertz CT molecular complexity index is 990. The van der Waals surface area contributed by atoms with Gasteiger partial charge in [-0.15, -0.1) is 0 Å². The number of fused-ring (bicyclic) bond motifs is 1. The van der Waals surface area contributed by atoms with Gasteiger partial charge in [0, 0.05) is 16.5 Å². The molecule has 1 amide bonds. The van der Waals surface area contributed by atoms with Crippen molar-refractivity contribution < 1.29 is 23.6 Å². The van der Waals surface area contributed by atoms with Gasteiger partial charge in [-0.05, 0) is 42.8 Å². The minimum Gasteiger partial charge on any atom is -0.497 e. The second kappa shape index (κ2) is 9.32. The lowest BCUT2D eigenvalue weighted by Gasteiger charge is -2.32. The van der Waals surface area contributed by atoms with Gasteiger partial charge in [0.15, 0.2) is 0 Å². The first kappa shape index (κ1) is 20.4. The minimum atomic E-state index is 0.00412. The van der Waals surface area contributed by atoms with Crippen molar-refractivity contribution in [3.63, 3.8) is 0 Å². The maximum atomic E-state index is 12.7. The molecule has 2 heterocycles. The third-order valence-corrected chi connectivity index (χ3v) is 5.81. The van der Waals surface area contributed by atoms with E-state index in [1.807, 2.05) is 37.3 Å². The third kappa shape index (κ3) is 4.66. The first-order valence-corrected chi connectivity index (χ1v) is 10.4. The Morgan fingerprint density at radius 1 is 1.17 bits per heavy atom. The van der Waals surface area contributed by atoms with Gasteiger partial charge in [-0.25, -0.2) is 0 Å². The van der Waals surface area contributed by atoms with Crippen molar-refractivity contribution in [1.82, 2.24) is 5.32 Å². The van der Waals surface area contributed by atoms with E-state index >= 15 is 0 Å². The highest BCUT2D eigenvalue weighted by molar-refractivity contribution is 5.87. The molecule has 4 rings (SSSR count). The van der Waals surface area contributed by atoms with Crippen LogP contribution in [0.4, 0.5) is 0 Å². The number of hydrogen-bond acceptors (Lipinski definition) is 4. The SMILES string of the molecule is COc1ccc([C@@H](CNC(=O)Cc2coc3cc(C)ccc23)[NH+]2CCOCC2)cc1. The van der Waals surface area contributed by atoms with E-state index in [0.29, 0.717) is 13.0 Å². The highest BCUT2D eigenvalue weighted by Gasteiger charge is 2.27. The number of ether oxygens (including phenoxy) is 2. The summed E-state index contributed by atoms with van der Waals surface area (Å²) in [6.07, 6.45) is 2.00. The smallest absolute Gasteiger partial charge is 0.224 e. The minimum absolute atomic E-state index is 0.00412. The van der Waals surface area contributed by atoms with E-state index < -0.39 is 0 Å². The average molecular weight is 410 g/mol. The molecule has 1 saturated heterocycles. The van der Waals surface area contributed by atoms with E-state index in [1.165, 1.54) is 10.5 Å². The number of benzene rings is 2. The normalized spacial score (nSPS) is 15.8.